The van der Waals surface area contributed by atoms with Gasteiger partial charge >= 0.3 is 0 Å². The van der Waals surface area contributed by atoms with Gasteiger partial charge in [-0.05, 0) is 35.7 Å². The van der Waals surface area contributed by atoms with Crippen LogP contribution in [0.15, 0.2) is 96.2 Å². The van der Waals surface area contributed by atoms with E-state index >= 15 is 0 Å². The highest BCUT2D eigenvalue weighted by molar-refractivity contribution is 7.98. The molecule has 0 saturated carbocycles. The minimum absolute atomic E-state index is 0.0760. The number of nitrogens with one attached hydrogen (secondary N) is 1. The van der Waals surface area contributed by atoms with Gasteiger partial charge in [0.05, 0.1) is 6.04 Å². The Kier molecular flexibility index (Phi) is 8.40. The van der Waals surface area contributed by atoms with Crippen LogP contribution in [0.25, 0.3) is 0 Å². The number of benzene rings is 3. The summed E-state index contributed by atoms with van der Waals surface area (Å²) in [5.41, 5.74) is 3.90. The molecule has 178 valence electrons. The molecule has 0 fully saturated rings. The molecule has 0 aliphatic rings. The van der Waals surface area contributed by atoms with E-state index in [0.717, 1.165) is 23.5 Å². The maximum absolute atomic E-state index is 12.8. The van der Waals surface area contributed by atoms with Crippen LogP contribution in [0.1, 0.15) is 40.0 Å². The van der Waals surface area contributed by atoms with Crippen molar-refractivity contribution in [2.45, 2.75) is 30.4 Å². The van der Waals surface area contributed by atoms with Gasteiger partial charge < -0.3 is 10.2 Å². The molecule has 5 nitrogen and oxygen atoms in total. The lowest BCUT2D eigenvalue weighted by Gasteiger charge is -2.19. The third-order valence-corrected chi connectivity index (χ3v) is 6.63. The first-order chi connectivity index (χ1) is 17.0. The zero-order valence-electron chi connectivity index (χ0n) is 19.7. The van der Waals surface area contributed by atoms with Crippen LogP contribution < -0.4 is 10.2 Å². The fourth-order valence-electron chi connectivity index (χ4n) is 3.64. The molecule has 1 heterocycles. The van der Waals surface area contributed by atoms with Crippen molar-refractivity contribution in [3.63, 3.8) is 0 Å². The fourth-order valence-corrected chi connectivity index (χ4v) is 4.66. The lowest BCUT2D eigenvalue weighted by atomic mass is 10.1. The zero-order valence-corrected chi connectivity index (χ0v) is 21.3. The Bertz CT molecular complexity index is 1270. The van der Waals surface area contributed by atoms with Crippen molar-refractivity contribution < 1.29 is 4.79 Å². The first kappa shape index (κ1) is 24.8. The summed E-state index contributed by atoms with van der Waals surface area (Å²) in [6.45, 7) is 2.70. The van der Waals surface area contributed by atoms with E-state index in [2.05, 4.69) is 27.4 Å². The fraction of sp³-hybridized carbons (Fsp3) is 0.179. The molecular weight excluding hydrogens is 476 g/mol. The number of amides is 1. The predicted octanol–water partition coefficient (Wildman–Crippen LogP) is 6.55. The number of aromatic nitrogens is 2. The van der Waals surface area contributed by atoms with Gasteiger partial charge in [0.15, 0.2) is 5.16 Å². The maximum atomic E-state index is 12.8. The number of rotatable bonds is 9. The number of carbonyl (C=O) groups is 1. The molecule has 0 bridgehead atoms. The van der Waals surface area contributed by atoms with Gasteiger partial charge in [0.1, 0.15) is 11.0 Å². The zero-order chi connectivity index (χ0) is 24.6. The van der Waals surface area contributed by atoms with Gasteiger partial charge in [-0.15, -0.1) is 0 Å². The quantitative estimate of drug-likeness (QED) is 0.160. The molecule has 0 spiro atoms. The summed E-state index contributed by atoms with van der Waals surface area (Å²) in [7, 11) is 1.98. The van der Waals surface area contributed by atoms with Crippen LogP contribution in [0.3, 0.4) is 0 Å². The molecule has 0 aliphatic carbocycles. The van der Waals surface area contributed by atoms with Crippen molar-refractivity contribution in [3.8, 4) is 0 Å². The van der Waals surface area contributed by atoms with Crippen molar-refractivity contribution in [3.05, 3.63) is 118 Å². The molecule has 0 aliphatic heterocycles. The highest BCUT2D eigenvalue weighted by Gasteiger charge is 2.13. The van der Waals surface area contributed by atoms with E-state index in [1.54, 1.807) is 6.07 Å². The number of anilines is 1. The number of hydrogen-bond donors (Lipinski definition) is 1. The molecular formula is C28H27ClN4OS. The third kappa shape index (κ3) is 7.07. The smallest absolute Gasteiger partial charge is 0.251 e. The molecule has 1 unspecified atom stereocenters. The number of thioether (sulfide) groups is 1. The number of halogens is 1. The topological polar surface area (TPSA) is 58.1 Å². The van der Waals surface area contributed by atoms with E-state index in [-0.39, 0.29) is 11.9 Å². The maximum Gasteiger partial charge on any atom is 0.251 e. The minimum atomic E-state index is -0.1000. The summed E-state index contributed by atoms with van der Waals surface area (Å²) in [5.74, 6) is 1.29. The average Bonchev–Trinajstić information content (AvgIpc) is 2.88. The van der Waals surface area contributed by atoms with Crippen molar-refractivity contribution in [1.29, 1.82) is 0 Å². The molecule has 1 amide bonds. The third-order valence-electron chi connectivity index (χ3n) is 5.52. The molecule has 1 atom stereocenters. The van der Waals surface area contributed by atoms with Crippen LogP contribution in [0.4, 0.5) is 5.82 Å². The summed E-state index contributed by atoms with van der Waals surface area (Å²) in [4.78, 5) is 23.9. The molecule has 3 aromatic carbocycles. The van der Waals surface area contributed by atoms with Gasteiger partial charge in [0.25, 0.3) is 5.91 Å². The van der Waals surface area contributed by atoms with Crippen LogP contribution >= 0.6 is 23.4 Å². The second kappa shape index (κ2) is 11.9. The summed E-state index contributed by atoms with van der Waals surface area (Å²) >= 11 is 7.79. The molecule has 4 rings (SSSR count). The van der Waals surface area contributed by atoms with Gasteiger partial charge in [-0.25, -0.2) is 9.97 Å². The number of nitrogens with zero attached hydrogens (tertiary/aromatic N) is 3. The van der Waals surface area contributed by atoms with Crippen LogP contribution in [-0.4, -0.2) is 22.9 Å². The van der Waals surface area contributed by atoms with Gasteiger partial charge in [0, 0.05) is 31.0 Å². The van der Waals surface area contributed by atoms with E-state index in [1.807, 2.05) is 91.7 Å². The summed E-state index contributed by atoms with van der Waals surface area (Å²) < 4.78 is 0. The summed E-state index contributed by atoms with van der Waals surface area (Å²) in [5, 5.41) is 4.07. The number of hydrogen-bond acceptors (Lipinski definition) is 5. The lowest BCUT2D eigenvalue weighted by molar-refractivity contribution is 0.0940. The number of carbonyl (C=O) groups excluding carboxylic acids is 1. The SMILES string of the molecule is CC(NC(=O)c1cccc(CSc2nc(Cl)cc(N(C)Cc3ccccc3)n2)c1)c1ccccc1. The molecule has 0 saturated heterocycles. The van der Waals surface area contributed by atoms with E-state index < -0.39 is 0 Å². The van der Waals surface area contributed by atoms with Crippen molar-refractivity contribution >= 4 is 35.1 Å². The van der Waals surface area contributed by atoms with E-state index in [0.29, 0.717) is 21.6 Å². The molecule has 1 aromatic heterocycles. The monoisotopic (exact) mass is 502 g/mol. The highest BCUT2D eigenvalue weighted by Crippen LogP contribution is 2.25. The van der Waals surface area contributed by atoms with Crippen LogP contribution in [0.5, 0.6) is 0 Å². The average molecular weight is 503 g/mol. The van der Waals surface area contributed by atoms with Crippen molar-refractivity contribution in [2.75, 3.05) is 11.9 Å². The Morgan fingerprint density at radius 3 is 2.37 bits per heavy atom. The van der Waals surface area contributed by atoms with Crippen LogP contribution in [0, 0.1) is 0 Å². The van der Waals surface area contributed by atoms with E-state index in [4.69, 9.17) is 11.6 Å². The van der Waals surface area contributed by atoms with E-state index in [9.17, 15) is 4.79 Å². The predicted molar refractivity (Wildman–Crippen MR) is 144 cm³/mol. The molecule has 1 N–H and O–H groups in total. The van der Waals surface area contributed by atoms with Gasteiger partial charge in [-0.3, -0.25) is 4.79 Å². The second-order valence-electron chi connectivity index (χ2n) is 8.27. The normalized spacial score (nSPS) is 11.6. The summed E-state index contributed by atoms with van der Waals surface area (Å²) in [6.07, 6.45) is 0. The lowest BCUT2D eigenvalue weighted by Crippen LogP contribution is -2.26. The minimum Gasteiger partial charge on any atom is -0.355 e. The summed E-state index contributed by atoms with van der Waals surface area (Å²) in [6, 6.07) is 29.5. The Morgan fingerprint density at radius 2 is 1.63 bits per heavy atom. The van der Waals surface area contributed by atoms with E-state index in [1.165, 1.54) is 17.3 Å². The standard InChI is InChI=1S/C28H27ClN4OS/c1-20(23-13-7-4-8-14-23)30-27(34)24-15-9-12-22(16-24)19-35-28-31-25(29)17-26(32-28)33(2)18-21-10-5-3-6-11-21/h3-17,20H,18-19H2,1-2H3,(H,30,34). The molecule has 0 radical (unpaired) electrons. The first-order valence-electron chi connectivity index (χ1n) is 11.3. The van der Waals surface area contributed by atoms with Crippen molar-refractivity contribution in [1.82, 2.24) is 15.3 Å². The molecule has 7 heteroatoms. The van der Waals surface area contributed by atoms with Crippen LogP contribution in [-0.2, 0) is 12.3 Å². The Morgan fingerprint density at radius 1 is 0.943 bits per heavy atom. The highest BCUT2D eigenvalue weighted by atomic mass is 35.5. The van der Waals surface area contributed by atoms with Gasteiger partial charge in [-0.2, -0.15) is 0 Å². The Labute approximate surface area is 215 Å². The molecule has 4 aromatic rings. The van der Waals surface area contributed by atoms with Gasteiger partial charge in [0.2, 0.25) is 0 Å². The Balaban J connectivity index is 1.40. The second-order valence-corrected chi connectivity index (χ2v) is 9.60. The molecule has 35 heavy (non-hydrogen) atoms. The van der Waals surface area contributed by atoms with Crippen LogP contribution in [0.2, 0.25) is 5.15 Å². The first-order valence-corrected chi connectivity index (χ1v) is 12.7. The van der Waals surface area contributed by atoms with Gasteiger partial charge in [-0.1, -0.05) is 96.2 Å². The Hall–Kier alpha value is -3.35. The largest absolute Gasteiger partial charge is 0.355 e. The van der Waals surface area contributed by atoms with Crippen molar-refractivity contribution in [2.24, 2.45) is 0 Å².